The molecule has 286 valence electrons. The van der Waals surface area contributed by atoms with Gasteiger partial charge in [0.1, 0.15) is 5.69 Å². The largest absolute Gasteiger partial charge is 0.341 e. The number of aromatic nitrogens is 2. The van der Waals surface area contributed by atoms with Crippen LogP contribution in [0.25, 0.3) is 0 Å². The lowest BCUT2D eigenvalue weighted by Gasteiger charge is -2.37. The van der Waals surface area contributed by atoms with Crippen molar-refractivity contribution in [3.63, 3.8) is 0 Å². The van der Waals surface area contributed by atoms with Crippen LogP contribution >= 0.6 is 0 Å². The summed E-state index contributed by atoms with van der Waals surface area (Å²) in [5.41, 5.74) is 0.545. The molecule has 0 bridgehead atoms. The van der Waals surface area contributed by atoms with Crippen molar-refractivity contribution >= 4 is 34.9 Å². The monoisotopic (exact) mass is 726 g/mol. The van der Waals surface area contributed by atoms with Crippen LogP contribution in [-0.4, -0.2) is 68.4 Å². The first-order valence-corrected chi connectivity index (χ1v) is 19.9. The van der Waals surface area contributed by atoms with Gasteiger partial charge in [0.25, 0.3) is 5.91 Å². The second kappa shape index (κ2) is 18.3. The first-order valence-electron chi connectivity index (χ1n) is 19.9. The van der Waals surface area contributed by atoms with Crippen molar-refractivity contribution in [3.05, 3.63) is 60.2 Å². The van der Waals surface area contributed by atoms with Gasteiger partial charge in [-0.3, -0.25) is 33.8 Å². The summed E-state index contributed by atoms with van der Waals surface area (Å²) in [5, 5.41) is 2.97. The molecule has 1 aliphatic heterocycles. The Bertz CT molecular complexity index is 1600. The molecular weight excluding hydrogens is 668 g/mol. The van der Waals surface area contributed by atoms with Gasteiger partial charge in [0, 0.05) is 50.0 Å². The Morgan fingerprint density at radius 2 is 1.62 bits per heavy atom. The predicted molar refractivity (Wildman–Crippen MR) is 202 cm³/mol. The van der Waals surface area contributed by atoms with Gasteiger partial charge < -0.3 is 10.2 Å². The second-order valence-electron chi connectivity index (χ2n) is 16.8. The molecule has 2 saturated carbocycles. The minimum absolute atomic E-state index is 0.0559. The summed E-state index contributed by atoms with van der Waals surface area (Å²) in [5.74, 6) is -3.39. The SMILES string of the molecule is CCC[C@H](CC(=O)[C@@H]1[C@@H](Cc2ccccc2)CCN1C(=O)[C@@H](CC(=O)[C@@H](NC(=O)c1cnccn1)C1CCCCC1)C(C)(C)C)C(=O)C(=O)CC1CC1. The number of benzene rings is 1. The molecule has 10 nitrogen and oxygen atoms in total. The number of likely N-dealkylation sites (tertiary alicyclic amines) is 1. The number of amides is 2. The second-order valence-corrected chi connectivity index (χ2v) is 16.8. The average Bonchev–Trinajstić information content (AvgIpc) is 3.87. The Kier molecular flexibility index (Phi) is 13.9. The summed E-state index contributed by atoms with van der Waals surface area (Å²) < 4.78 is 0. The highest BCUT2D eigenvalue weighted by atomic mass is 16.2. The lowest BCUT2D eigenvalue weighted by atomic mass is 9.73. The van der Waals surface area contributed by atoms with Gasteiger partial charge in [0.2, 0.25) is 11.7 Å². The fraction of sp³-hybridized carbons (Fsp3) is 0.628. The van der Waals surface area contributed by atoms with Crippen molar-refractivity contribution in [2.45, 2.75) is 130 Å². The Morgan fingerprint density at radius 3 is 2.25 bits per heavy atom. The topological polar surface area (TPSA) is 143 Å². The van der Waals surface area contributed by atoms with Gasteiger partial charge >= 0.3 is 0 Å². The number of hydrogen-bond donors (Lipinski definition) is 1. The molecule has 2 heterocycles. The van der Waals surface area contributed by atoms with Crippen LogP contribution in [0.15, 0.2) is 48.9 Å². The smallest absolute Gasteiger partial charge is 0.272 e. The number of carbonyl (C=O) groups is 6. The van der Waals surface area contributed by atoms with Crippen molar-refractivity contribution < 1.29 is 28.8 Å². The standard InChI is InChI=1S/C43H58N4O6/c1-5-12-32(40(51)37(50)24-29-17-18-29)25-36(49)39-31(23-28-13-8-6-9-14-28)19-22-47(39)42(53)33(43(2,3)4)26-35(48)38(30-15-10-7-11-16-30)46-41(52)34-27-44-20-21-45-34/h6,8-9,13-14,20-21,27,29-33,38-39H,5,7,10-12,15-19,22-26H2,1-4H3,(H,46,52)/t31-,32-,33-,38+,39+/m1/s1. The van der Waals surface area contributed by atoms with Gasteiger partial charge in [0.15, 0.2) is 17.3 Å². The third-order valence-corrected chi connectivity index (χ3v) is 11.7. The number of nitrogens with one attached hydrogen (secondary N) is 1. The first kappa shape index (κ1) is 40.1. The molecule has 1 N–H and O–H groups in total. The zero-order valence-electron chi connectivity index (χ0n) is 32.1. The molecule has 0 radical (unpaired) electrons. The molecule has 0 unspecified atom stereocenters. The van der Waals surface area contributed by atoms with Crippen molar-refractivity contribution in [3.8, 4) is 0 Å². The first-order chi connectivity index (χ1) is 25.4. The molecule has 0 spiro atoms. The molecule has 1 aromatic carbocycles. The lowest BCUT2D eigenvalue weighted by molar-refractivity contribution is -0.147. The van der Waals surface area contributed by atoms with Gasteiger partial charge in [-0.15, -0.1) is 0 Å². The van der Waals surface area contributed by atoms with Crippen LogP contribution in [0, 0.1) is 35.0 Å². The molecule has 10 heteroatoms. The van der Waals surface area contributed by atoms with Crippen molar-refractivity contribution in [2.75, 3.05) is 6.54 Å². The normalized spacial score (nSPS) is 21.0. The highest BCUT2D eigenvalue weighted by molar-refractivity contribution is 6.38. The Morgan fingerprint density at radius 1 is 0.906 bits per heavy atom. The number of carbonyl (C=O) groups excluding carboxylic acids is 6. The maximum atomic E-state index is 14.9. The Balaban J connectivity index is 1.40. The molecule has 1 aromatic heterocycles. The van der Waals surface area contributed by atoms with E-state index in [0.29, 0.717) is 32.2 Å². The molecular formula is C43H58N4O6. The summed E-state index contributed by atoms with van der Waals surface area (Å²) in [4.78, 5) is 93.2. The molecule has 53 heavy (non-hydrogen) atoms. The lowest BCUT2D eigenvalue weighted by Crippen LogP contribution is -2.52. The van der Waals surface area contributed by atoms with Crippen molar-refractivity contribution in [1.82, 2.24) is 20.2 Å². The van der Waals surface area contributed by atoms with Gasteiger partial charge in [-0.2, -0.15) is 0 Å². The third-order valence-electron chi connectivity index (χ3n) is 11.7. The zero-order valence-corrected chi connectivity index (χ0v) is 32.1. The van der Waals surface area contributed by atoms with E-state index in [0.717, 1.165) is 50.5 Å². The van der Waals surface area contributed by atoms with Crippen LogP contribution in [0.2, 0.25) is 0 Å². The van der Waals surface area contributed by atoms with E-state index < -0.39 is 41.0 Å². The van der Waals surface area contributed by atoms with Crippen LogP contribution in [-0.2, 0) is 30.4 Å². The number of Topliss-reactive ketones (excluding diaryl/α,β-unsaturated/α-hetero) is 4. The number of ketones is 4. The predicted octanol–water partition coefficient (Wildman–Crippen LogP) is 6.55. The molecule has 5 rings (SSSR count). The summed E-state index contributed by atoms with van der Waals surface area (Å²) in [6.45, 7) is 8.11. The van der Waals surface area contributed by atoms with Crippen LogP contribution < -0.4 is 5.32 Å². The fourth-order valence-corrected chi connectivity index (χ4v) is 8.47. The van der Waals surface area contributed by atoms with Gasteiger partial charge in [-0.25, -0.2) is 4.98 Å². The molecule has 2 aromatic rings. The minimum Gasteiger partial charge on any atom is -0.341 e. The van der Waals surface area contributed by atoms with E-state index in [1.54, 1.807) is 4.90 Å². The Labute approximate surface area is 314 Å². The van der Waals surface area contributed by atoms with Gasteiger partial charge in [0.05, 0.1) is 18.3 Å². The molecule has 1 saturated heterocycles. The van der Waals surface area contributed by atoms with Crippen molar-refractivity contribution in [1.29, 1.82) is 0 Å². The van der Waals surface area contributed by atoms with E-state index in [9.17, 15) is 28.8 Å². The van der Waals surface area contributed by atoms with E-state index in [2.05, 4.69) is 15.3 Å². The van der Waals surface area contributed by atoms with Gasteiger partial charge in [-0.1, -0.05) is 83.7 Å². The van der Waals surface area contributed by atoms with Crippen LogP contribution in [0.4, 0.5) is 0 Å². The molecule has 2 aliphatic carbocycles. The summed E-state index contributed by atoms with van der Waals surface area (Å²) >= 11 is 0. The van der Waals surface area contributed by atoms with Crippen LogP contribution in [0.1, 0.15) is 127 Å². The minimum atomic E-state index is -0.779. The Hall–Kier alpha value is -4.08. The highest BCUT2D eigenvalue weighted by Crippen LogP contribution is 2.38. The van der Waals surface area contributed by atoms with E-state index >= 15 is 0 Å². The number of hydrogen-bond acceptors (Lipinski definition) is 8. The van der Waals surface area contributed by atoms with E-state index in [1.165, 1.54) is 18.6 Å². The average molecular weight is 727 g/mol. The van der Waals surface area contributed by atoms with Crippen LogP contribution in [0.3, 0.4) is 0 Å². The third kappa shape index (κ3) is 10.8. The molecule has 3 fully saturated rings. The summed E-state index contributed by atoms with van der Waals surface area (Å²) in [6, 6.07) is 8.33. The molecule has 3 aliphatic rings. The maximum Gasteiger partial charge on any atom is 0.272 e. The number of rotatable bonds is 18. The van der Waals surface area contributed by atoms with E-state index in [1.807, 2.05) is 58.0 Å². The summed E-state index contributed by atoms with van der Waals surface area (Å²) in [6.07, 6.45) is 13.2. The summed E-state index contributed by atoms with van der Waals surface area (Å²) in [7, 11) is 0. The van der Waals surface area contributed by atoms with Crippen molar-refractivity contribution in [2.24, 2.45) is 35.0 Å². The number of nitrogens with zero attached hydrogens (tertiary/aromatic N) is 3. The molecule has 2 amide bonds. The van der Waals surface area contributed by atoms with E-state index in [-0.39, 0.29) is 66.0 Å². The van der Waals surface area contributed by atoms with Gasteiger partial charge in [-0.05, 0) is 73.7 Å². The fourth-order valence-electron chi connectivity index (χ4n) is 8.47. The zero-order chi connectivity index (χ0) is 38.1. The molecule has 5 atom stereocenters. The maximum absolute atomic E-state index is 14.9. The van der Waals surface area contributed by atoms with E-state index in [4.69, 9.17) is 0 Å². The quantitative estimate of drug-likeness (QED) is 0.171. The highest BCUT2D eigenvalue weighted by Gasteiger charge is 2.47. The van der Waals surface area contributed by atoms with Crippen LogP contribution in [0.5, 0.6) is 0 Å².